The summed E-state index contributed by atoms with van der Waals surface area (Å²) in [5.41, 5.74) is 7.55. The number of benzene rings is 2. The molecule has 0 saturated heterocycles. The smallest absolute Gasteiger partial charge is 0.316 e. The number of carbonyl (C=O) groups is 3. The zero-order valence-electron chi connectivity index (χ0n) is 16.3. The maximum atomic E-state index is 12.7. The van der Waals surface area contributed by atoms with Crippen molar-refractivity contribution in [3.05, 3.63) is 59.7 Å². The third-order valence-electron chi connectivity index (χ3n) is 4.14. The molecule has 2 rings (SSSR count). The zero-order valence-corrected chi connectivity index (χ0v) is 16.3. The van der Waals surface area contributed by atoms with Crippen LogP contribution in [-0.4, -0.2) is 23.9 Å². The van der Waals surface area contributed by atoms with Gasteiger partial charge in [0, 0.05) is 16.9 Å². The summed E-state index contributed by atoms with van der Waals surface area (Å²) in [4.78, 5) is 36.2. The van der Waals surface area contributed by atoms with E-state index in [1.54, 1.807) is 36.4 Å². The van der Waals surface area contributed by atoms with E-state index in [1.807, 2.05) is 32.9 Å². The van der Waals surface area contributed by atoms with Crippen LogP contribution < -0.4 is 21.7 Å². The fourth-order valence-corrected chi connectivity index (χ4v) is 2.78. The summed E-state index contributed by atoms with van der Waals surface area (Å²) in [5, 5.41) is 8.09. The number of carbonyl (C=O) groups excluding carboxylic acids is 3. The fourth-order valence-electron chi connectivity index (χ4n) is 2.78. The van der Waals surface area contributed by atoms with Crippen LogP contribution in [-0.2, 0) is 4.79 Å². The average Bonchev–Trinajstić information content (AvgIpc) is 2.62. The van der Waals surface area contributed by atoms with Crippen LogP contribution in [0.1, 0.15) is 36.2 Å². The van der Waals surface area contributed by atoms with E-state index < -0.39 is 12.1 Å². The summed E-state index contributed by atoms with van der Waals surface area (Å²) in [6, 6.07) is 12.5. The molecule has 2 aromatic carbocycles. The number of nitrogens with two attached hydrogens (primary N) is 1. The Hall–Kier alpha value is -3.35. The monoisotopic (exact) mass is 382 g/mol. The number of nitrogens with one attached hydrogen (secondary N) is 3. The lowest BCUT2D eigenvalue weighted by molar-refractivity contribution is -0.118. The van der Waals surface area contributed by atoms with E-state index in [4.69, 9.17) is 5.73 Å². The summed E-state index contributed by atoms with van der Waals surface area (Å²) >= 11 is 0. The maximum Gasteiger partial charge on any atom is 0.316 e. The highest BCUT2D eigenvalue weighted by atomic mass is 16.2. The minimum Gasteiger partial charge on any atom is -0.351 e. The molecular formula is C21H26N4O3. The van der Waals surface area contributed by atoms with Gasteiger partial charge in [0.15, 0.2) is 0 Å². The maximum absolute atomic E-state index is 12.7. The third kappa shape index (κ3) is 6.12. The molecule has 7 heteroatoms. The number of rotatable bonds is 7. The van der Waals surface area contributed by atoms with Crippen molar-refractivity contribution in [2.75, 3.05) is 10.6 Å². The SMILES string of the molecule is Cc1ccccc1C(=O)NC(CC(C)C)C(=O)Nc1ccc(NC(N)=O)cc1. The van der Waals surface area contributed by atoms with Gasteiger partial charge in [0.25, 0.3) is 5.91 Å². The third-order valence-corrected chi connectivity index (χ3v) is 4.14. The topological polar surface area (TPSA) is 113 Å². The lowest BCUT2D eigenvalue weighted by Gasteiger charge is -2.21. The zero-order chi connectivity index (χ0) is 20.7. The van der Waals surface area contributed by atoms with Gasteiger partial charge in [0.1, 0.15) is 6.04 Å². The molecule has 0 saturated carbocycles. The molecule has 0 aliphatic carbocycles. The average molecular weight is 382 g/mol. The largest absolute Gasteiger partial charge is 0.351 e. The Morgan fingerprint density at radius 2 is 1.50 bits per heavy atom. The van der Waals surface area contributed by atoms with Gasteiger partial charge in [-0.1, -0.05) is 32.0 Å². The van der Waals surface area contributed by atoms with Crippen molar-refractivity contribution in [1.82, 2.24) is 5.32 Å². The van der Waals surface area contributed by atoms with Crippen molar-refractivity contribution < 1.29 is 14.4 Å². The Kier molecular flexibility index (Phi) is 7.14. The first-order chi connectivity index (χ1) is 13.3. The number of aryl methyl sites for hydroxylation is 1. The first kappa shape index (κ1) is 21.0. The highest BCUT2D eigenvalue weighted by Crippen LogP contribution is 2.15. The fraction of sp³-hybridized carbons (Fsp3) is 0.286. The van der Waals surface area contributed by atoms with E-state index >= 15 is 0 Å². The van der Waals surface area contributed by atoms with Gasteiger partial charge in [-0.3, -0.25) is 9.59 Å². The van der Waals surface area contributed by atoms with E-state index in [-0.39, 0.29) is 17.7 Å². The predicted molar refractivity (Wildman–Crippen MR) is 110 cm³/mol. The molecule has 148 valence electrons. The number of hydrogen-bond donors (Lipinski definition) is 4. The summed E-state index contributed by atoms with van der Waals surface area (Å²) in [5.74, 6) is -0.360. The van der Waals surface area contributed by atoms with Gasteiger partial charge in [-0.15, -0.1) is 0 Å². The lowest BCUT2D eigenvalue weighted by Crippen LogP contribution is -2.44. The van der Waals surface area contributed by atoms with Gasteiger partial charge in [-0.2, -0.15) is 0 Å². The molecule has 2 aromatic rings. The summed E-state index contributed by atoms with van der Waals surface area (Å²) in [7, 11) is 0. The van der Waals surface area contributed by atoms with Gasteiger partial charge in [0.05, 0.1) is 0 Å². The van der Waals surface area contributed by atoms with E-state index in [0.29, 0.717) is 23.4 Å². The van der Waals surface area contributed by atoms with Crippen LogP contribution in [0.2, 0.25) is 0 Å². The molecule has 5 N–H and O–H groups in total. The molecule has 28 heavy (non-hydrogen) atoms. The van der Waals surface area contributed by atoms with Crippen LogP contribution in [0.4, 0.5) is 16.2 Å². The summed E-state index contributed by atoms with van der Waals surface area (Å²) in [6.45, 7) is 5.84. The van der Waals surface area contributed by atoms with Crippen LogP contribution in [0.5, 0.6) is 0 Å². The second-order valence-electron chi connectivity index (χ2n) is 7.03. The second kappa shape index (κ2) is 9.55. The molecule has 7 nitrogen and oxygen atoms in total. The van der Waals surface area contributed by atoms with Crippen molar-refractivity contribution in [1.29, 1.82) is 0 Å². The van der Waals surface area contributed by atoms with E-state index in [1.165, 1.54) is 0 Å². The molecule has 1 unspecified atom stereocenters. The van der Waals surface area contributed by atoms with E-state index in [2.05, 4.69) is 16.0 Å². The predicted octanol–water partition coefficient (Wildman–Crippen LogP) is 3.27. The van der Waals surface area contributed by atoms with E-state index in [9.17, 15) is 14.4 Å². The van der Waals surface area contributed by atoms with Crippen molar-refractivity contribution >= 4 is 29.2 Å². The number of urea groups is 1. The van der Waals surface area contributed by atoms with Crippen LogP contribution in [0.3, 0.4) is 0 Å². The van der Waals surface area contributed by atoms with Crippen molar-refractivity contribution in [2.24, 2.45) is 11.7 Å². The van der Waals surface area contributed by atoms with Crippen molar-refractivity contribution in [3.63, 3.8) is 0 Å². The molecule has 0 aliphatic rings. The van der Waals surface area contributed by atoms with Crippen molar-refractivity contribution in [2.45, 2.75) is 33.2 Å². The normalized spacial score (nSPS) is 11.6. The summed E-state index contributed by atoms with van der Waals surface area (Å²) in [6.07, 6.45) is 0.505. The first-order valence-corrected chi connectivity index (χ1v) is 9.10. The van der Waals surface area contributed by atoms with Crippen LogP contribution >= 0.6 is 0 Å². The molecule has 0 heterocycles. The lowest BCUT2D eigenvalue weighted by atomic mass is 10.0. The Morgan fingerprint density at radius 1 is 0.929 bits per heavy atom. The standard InChI is InChI=1S/C21H26N4O3/c1-13(2)12-18(25-19(26)17-7-5-4-6-14(17)3)20(27)23-15-8-10-16(11-9-15)24-21(22)28/h4-11,13,18H,12H2,1-3H3,(H,23,27)(H,25,26)(H3,22,24,28). The van der Waals surface area contributed by atoms with Gasteiger partial charge in [-0.25, -0.2) is 4.79 Å². The molecule has 0 fully saturated rings. The van der Waals surface area contributed by atoms with Crippen LogP contribution in [0.25, 0.3) is 0 Å². The number of hydrogen-bond acceptors (Lipinski definition) is 3. The molecule has 0 spiro atoms. The minimum absolute atomic E-state index is 0.218. The first-order valence-electron chi connectivity index (χ1n) is 9.10. The van der Waals surface area contributed by atoms with Gasteiger partial charge < -0.3 is 21.7 Å². The molecule has 0 bridgehead atoms. The summed E-state index contributed by atoms with van der Waals surface area (Å²) < 4.78 is 0. The molecule has 0 aromatic heterocycles. The second-order valence-corrected chi connectivity index (χ2v) is 7.03. The highest BCUT2D eigenvalue weighted by molar-refractivity contribution is 6.01. The Labute approximate surface area is 164 Å². The number of anilines is 2. The van der Waals surface area contributed by atoms with E-state index in [0.717, 1.165) is 5.56 Å². The molecule has 0 aliphatic heterocycles. The quantitative estimate of drug-likeness (QED) is 0.589. The van der Waals surface area contributed by atoms with Gasteiger partial charge in [0.2, 0.25) is 5.91 Å². The molecule has 4 amide bonds. The van der Waals surface area contributed by atoms with Gasteiger partial charge in [-0.05, 0) is 55.2 Å². The molecule has 1 atom stereocenters. The number of amides is 4. The van der Waals surface area contributed by atoms with Crippen LogP contribution in [0.15, 0.2) is 48.5 Å². The highest BCUT2D eigenvalue weighted by Gasteiger charge is 2.23. The number of primary amides is 1. The van der Waals surface area contributed by atoms with Crippen molar-refractivity contribution in [3.8, 4) is 0 Å². The Bertz CT molecular complexity index is 847. The van der Waals surface area contributed by atoms with Crippen LogP contribution in [0, 0.1) is 12.8 Å². The minimum atomic E-state index is -0.671. The Balaban J connectivity index is 2.09. The molecule has 0 radical (unpaired) electrons. The molecular weight excluding hydrogens is 356 g/mol. The Morgan fingerprint density at radius 3 is 2.04 bits per heavy atom. The van der Waals surface area contributed by atoms with Gasteiger partial charge >= 0.3 is 6.03 Å².